The van der Waals surface area contributed by atoms with E-state index in [9.17, 15) is 0 Å². The van der Waals surface area contributed by atoms with E-state index in [-0.39, 0.29) is 0 Å². The number of nitrogens with zero attached hydrogens (tertiary/aromatic N) is 1. The van der Waals surface area contributed by atoms with E-state index in [1.807, 2.05) is 33.0 Å². The average Bonchev–Trinajstić information content (AvgIpc) is 2.51. The van der Waals surface area contributed by atoms with E-state index in [0.717, 1.165) is 5.71 Å². The molecule has 0 fully saturated rings. The van der Waals surface area contributed by atoms with Crippen molar-refractivity contribution in [1.82, 2.24) is 0 Å². The van der Waals surface area contributed by atoms with Gasteiger partial charge in [0.2, 0.25) is 0 Å². The van der Waals surface area contributed by atoms with E-state index >= 15 is 0 Å². The molecule has 1 aromatic rings. The van der Waals surface area contributed by atoms with Gasteiger partial charge >= 0.3 is 0 Å². The lowest BCUT2D eigenvalue weighted by Gasteiger charge is -1.92. The van der Waals surface area contributed by atoms with Crippen LogP contribution in [0.3, 0.4) is 0 Å². The molecule has 1 rings (SSSR count). The van der Waals surface area contributed by atoms with Gasteiger partial charge in [0.05, 0.1) is 5.71 Å². The first kappa shape index (κ1) is 9.20. The van der Waals surface area contributed by atoms with Crippen molar-refractivity contribution < 1.29 is 0 Å². The Hall–Kier alpha value is -0.890. The van der Waals surface area contributed by atoms with Crippen LogP contribution in [-0.4, -0.2) is 5.71 Å². The Morgan fingerprint density at radius 3 is 2.67 bits per heavy atom. The molecule has 1 nitrogen and oxygen atoms in total. The summed E-state index contributed by atoms with van der Waals surface area (Å²) < 4.78 is 0. The van der Waals surface area contributed by atoms with Gasteiger partial charge < -0.3 is 0 Å². The fourth-order valence-corrected chi connectivity index (χ4v) is 1.46. The highest BCUT2D eigenvalue weighted by molar-refractivity contribution is 7.12. The largest absolute Gasteiger partial charge is 0.260 e. The predicted octanol–water partition coefficient (Wildman–Crippen LogP) is 3.48. The predicted molar refractivity (Wildman–Crippen MR) is 56.0 cm³/mol. The Morgan fingerprint density at radius 1 is 1.42 bits per heavy atom. The van der Waals surface area contributed by atoms with Crippen molar-refractivity contribution in [1.29, 1.82) is 0 Å². The molecule has 0 saturated carbocycles. The van der Waals surface area contributed by atoms with Crippen LogP contribution in [0.2, 0.25) is 0 Å². The molecule has 12 heavy (non-hydrogen) atoms. The summed E-state index contributed by atoms with van der Waals surface area (Å²) in [6.45, 7) is 6.13. The summed E-state index contributed by atoms with van der Waals surface area (Å²) >= 11 is 1.72. The highest BCUT2D eigenvalue weighted by Gasteiger charge is 1.94. The maximum absolute atomic E-state index is 4.33. The number of allylic oxidation sites excluding steroid dienone is 1. The molecule has 0 N–H and O–H groups in total. The normalized spacial score (nSPS) is 11.4. The summed E-state index contributed by atoms with van der Waals surface area (Å²) in [5.41, 5.74) is 2.32. The first-order valence-corrected chi connectivity index (χ1v) is 4.80. The van der Waals surface area contributed by atoms with Crippen molar-refractivity contribution in [3.05, 3.63) is 34.2 Å². The molecular formula is C10H13NS. The third-order valence-corrected chi connectivity index (χ3v) is 2.37. The minimum absolute atomic E-state index is 1.09. The highest BCUT2D eigenvalue weighted by Crippen LogP contribution is 2.10. The second-order valence-electron chi connectivity index (χ2n) is 2.90. The van der Waals surface area contributed by atoms with E-state index in [1.165, 1.54) is 10.5 Å². The molecule has 0 aliphatic rings. The van der Waals surface area contributed by atoms with Gasteiger partial charge in [0.15, 0.2) is 0 Å². The van der Waals surface area contributed by atoms with Crippen LogP contribution in [0.4, 0.5) is 0 Å². The molecule has 0 bridgehead atoms. The van der Waals surface area contributed by atoms with Crippen molar-refractivity contribution in [3.8, 4) is 0 Å². The summed E-state index contributed by atoms with van der Waals surface area (Å²) in [5.74, 6) is 0. The maximum Gasteiger partial charge on any atom is 0.0544 e. The van der Waals surface area contributed by atoms with Crippen molar-refractivity contribution in [2.24, 2.45) is 4.99 Å². The van der Waals surface area contributed by atoms with Crippen molar-refractivity contribution in [2.45, 2.75) is 20.8 Å². The zero-order valence-electron chi connectivity index (χ0n) is 7.66. The monoisotopic (exact) mass is 179 g/mol. The first-order chi connectivity index (χ1) is 5.70. The molecule has 0 spiro atoms. The molecule has 64 valence electrons. The van der Waals surface area contributed by atoms with Crippen LogP contribution < -0.4 is 0 Å². The summed E-state index contributed by atoms with van der Waals surface area (Å²) in [6, 6.07) is 4.13. The van der Waals surface area contributed by atoms with Crippen LogP contribution in [0.5, 0.6) is 0 Å². The Bertz CT molecular complexity index is 290. The van der Waals surface area contributed by atoms with Crippen LogP contribution >= 0.6 is 11.3 Å². The third-order valence-electron chi connectivity index (χ3n) is 1.39. The Labute approximate surface area is 77.5 Å². The Balaban J connectivity index is 2.78. The van der Waals surface area contributed by atoms with E-state index in [1.54, 1.807) is 11.3 Å². The highest BCUT2D eigenvalue weighted by atomic mass is 32.1. The standard InChI is InChI=1S/C10H13NS/c1-8(2)7-11-9(3)10-5-4-6-12-10/h4-7H,1-3H3. The lowest BCUT2D eigenvalue weighted by molar-refractivity contribution is 1.33. The molecule has 2 heteroatoms. The van der Waals surface area contributed by atoms with E-state index in [0.29, 0.717) is 0 Å². The summed E-state index contributed by atoms with van der Waals surface area (Å²) in [4.78, 5) is 5.57. The van der Waals surface area contributed by atoms with Crippen molar-refractivity contribution in [3.63, 3.8) is 0 Å². The van der Waals surface area contributed by atoms with E-state index in [2.05, 4.69) is 16.4 Å². The van der Waals surface area contributed by atoms with Gasteiger partial charge in [-0.15, -0.1) is 11.3 Å². The number of aliphatic imine (C=N–C) groups is 1. The second-order valence-corrected chi connectivity index (χ2v) is 3.85. The molecule has 0 saturated heterocycles. The first-order valence-electron chi connectivity index (χ1n) is 3.92. The van der Waals surface area contributed by atoms with Gasteiger partial charge in [-0.2, -0.15) is 0 Å². The zero-order valence-corrected chi connectivity index (χ0v) is 8.48. The van der Waals surface area contributed by atoms with Crippen LogP contribution in [0.15, 0.2) is 34.3 Å². The number of hydrogen-bond acceptors (Lipinski definition) is 2. The lowest BCUT2D eigenvalue weighted by Crippen LogP contribution is -1.87. The molecule has 1 heterocycles. The summed E-state index contributed by atoms with van der Waals surface area (Å²) in [6.07, 6.45) is 1.90. The molecule has 0 unspecified atom stereocenters. The van der Waals surface area contributed by atoms with Crippen LogP contribution in [-0.2, 0) is 0 Å². The molecule has 0 radical (unpaired) electrons. The summed E-state index contributed by atoms with van der Waals surface area (Å²) in [5, 5.41) is 2.07. The Morgan fingerprint density at radius 2 is 2.17 bits per heavy atom. The van der Waals surface area contributed by atoms with E-state index in [4.69, 9.17) is 0 Å². The topological polar surface area (TPSA) is 12.4 Å². The minimum Gasteiger partial charge on any atom is -0.260 e. The fraction of sp³-hybridized carbons (Fsp3) is 0.300. The zero-order chi connectivity index (χ0) is 8.97. The smallest absolute Gasteiger partial charge is 0.0544 e. The molecular weight excluding hydrogens is 166 g/mol. The third kappa shape index (κ3) is 2.62. The van der Waals surface area contributed by atoms with Crippen molar-refractivity contribution in [2.75, 3.05) is 0 Å². The Kier molecular flexibility index (Phi) is 3.23. The quantitative estimate of drug-likeness (QED) is 0.616. The molecule has 0 aliphatic carbocycles. The van der Waals surface area contributed by atoms with Gasteiger partial charge in [-0.05, 0) is 32.2 Å². The van der Waals surface area contributed by atoms with Crippen molar-refractivity contribution >= 4 is 17.0 Å². The van der Waals surface area contributed by atoms with Gasteiger partial charge in [-0.1, -0.05) is 11.6 Å². The van der Waals surface area contributed by atoms with Gasteiger partial charge in [-0.25, -0.2) is 0 Å². The maximum atomic E-state index is 4.33. The van der Waals surface area contributed by atoms with E-state index < -0.39 is 0 Å². The fourth-order valence-electron chi connectivity index (χ4n) is 0.774. The van der Waals surface area contributed by atoms with Gasteiger partial charge in [0.1, 0.15) is 0 Å². The van der Waals surface area contributed by atoms with Crippen LogP contribution in [0.1, 0.15) is 25.6 Å². The molecule has 0 aromatic carbocycles. The lowest BCUT2D eigenvalue weighted by atomic mass is 10.3. The van der Waals surface area contributed by atoms with Gasteiger partial charge in [-0.3, -0.25) is 4.99 Å². The molecule has 0 aliphatic heterocycles. The van der Waals surface area contributed by atoms with Gasteiger partial charge in [0, 0.05) is 11.1 Å². The average molecular weight is 179 g/mol. The number of hydrogen-bond donors (Lipinski definition) is 0. The molecule has 1 aromatic heterocycles. The number of rotatable bonds is 2. The second kappa shape index (κ2) is 4.21. The minimum atomic E-state index is 1.09. The van der Waals surface area contributed by atoms with Gasteiger partial charge in [0.25, 0.3) is 0 Å². The molecule has 0 amide bonds. The van der Waals surface area contributed by atoms with Crippen LogP contribution in [0, 0.1) is 0 Å². The van der Waals surface area contributed by atoms with Crippen LogP contribution in [0.25, 0.3) is 0 Å². The SMILES string of the molecule is CC(C)=CN=C(C)c1cccs1. The molecule has 0 atom stereocenters. The summed E-state index contributed by atoms with van der Waals surface area (Å²) in [7, 11) is 0. The number of thiophene rings is 1.